The zero-order valence-electron chi connectivity index (χ0n) is 11.0. The third-order valence-corrected chi connectivity index (χ3v) is 2.85. The molecule has 2 rings (SSSR count). The fraction of sp³-hybridized carbons (Fsp3) is 0.357. The first-order chi connectivity index (χ1) is 9.08. The summed E-state index contributed by atoms with van der Waals surface area (Å²) in [5.41, 5.74) is 0.779. The van der Waals surface area contributed by atoms with E-state index >= 15 is 0 Å². The van der Waals surface area contributed by atoms with Gasteiger partial charge in [0.2, 0.25) is 0 Å². The molecule has 0 aliphatic heterocycles. The average Bonchev–Trinajstić information content (AvgIpc) is 2.37. The Morgan fingerprint density at radius 3 is 2.74 bits per heavy atom. The van der Waals surface area contributed by atoms with Crippen LogP contribution >= 0.6 is 0 Å². The van der Waals surface area contributed by atoms with Gasteiger partial charge in [-0.05, 0) is 24.5 Å². The highest BCUT2D eigenvalue weighted by Crippen LogP contribution is 2.20. The molecule has 0 aliphatic rings. The number of hydrogen-bond acceptors (Lipinski definition) is 5. The van der Waals surface area contributed by atoms with Crippen LogP contribution < -0.4 is 10.4 Å². The molecule has 5 heteroatoms. The summed E-state index contributed by atoms with van der Waals surface area (Å²) in [5, 5.41) is 14.9. The molecule has 0 bridgehead atoms. The van der Waals surface area contributed by atoms with Crippen molar-refractivity contribution in [3.05, 3.63) is 30.6 Å². The molecule has 0 saturated heterocycles. The van der Waals surface area contributed by atoms with Gasteiger partial charge >= 0.3 is 0 Å². The molecule has 5 nitrogen and oxygen atoms in total. The number of carbonyl (C=O) groups is 1. The van der Waals surface area contributed by atoms with Gasteiger partial charge in [0, 0.05) is 5.39 Å². The summed E-state index contributed by atoms with van der Waals surface area (Å²) >= 11 is 0. The molecule has 0 amide bonds. The first kappa shape index (κ1) is 13.3. The van der Waals surface area contributed by atoms with Gasteiger partial charge in [-0.25, -0.2) is 9.97 Å². The van der Waals surface area contributed by atoms with Crippen molar-refractivity contribution >= 4 is 22.7 Å². The van der Waals surface area contributed by atoms with E-state index in [0.717, 1.165) is 10.9 Å². The molecule has 1 heterocycles. The van der Waals surface area contributed by atoms with Crippen LogP contribution in [0.25, 0.3) is 10.9 Å². The van der Waals surface area contributed by atoms with Gasteiger partial charge < -0.3 is 15.2 Å². The summed E-state index contributed by atoms with van der Waals surface area (Å²) < 4.78 is 0. The van der Waals surface area contributed by atoms with E-state index in [4.69, 9.17) is 0 Å². The lowest BCUT2D eigenvalue weighted by molar-refractivity contribution is -0.307. The van der Waals surface area contributed by atoms with Crippen LogP contribution in [0.1, 0.15) is 20.3 Å². The van der Waals surface area contributed by atoms with E-state index in [-0.39, 0.29) is 5.92 Å². The van der Waals surface area contributed by atoms with Gasteiger partial charge in [0.05, 0.1) is 17.5 Å². The maximum absolute atomic E-state index is 11.2. The largest absolute Gasteiger partial charge is 0.548 e. The van der Waals surface area contributed by atoms with Crippen molar-refractivity contribution in [2.75, 3.05) is 5.32 Å². The third-order valence-electron chi connectivity index (χ3n) is 2.85. The molecule has 0 fully saturated rings. The maximum Gasteiger partial charge on any atom is 0.137 e. The first-order valence-electron chi connectivity index (χ1n) is 6.25. The predicted octanol–water partition coefficient (Wildman–Crippen LogP) is 1.21. The topological polar surface area (TPSA) is 77.9 Å². The smallest absolute Gasteiger partial charge is 0.137 e. The fourth-order valence-electron chi connectivity index (χ4n) is 1.97. The number of nitrogens with zero attached hydrogens (tertiary/aromatic N) is 2. The molecule has 0 spiro atoms. The second kappa shape index (κ2) is 5.65. The zero-order chi connectivity index (χ0) is 13.8. The summed E-state index contributed by atoms with van der Waals surface area (Å²) in [6.07, 6.45) is 1.91. The number of carboxylic acids is 1. The molecule has 19 heavy (non-hydrogen) atoms. The molecule has 2 aromatic rings. The standard InChI is InChI=1S/C14H17N3O2/c1-9(2)7-12(14(18)19)17-13-10-5-3-4-6-11(10)15-8-16-13/h3-6,8-9,12H,7H2,1-2H3,(H,18,19)(H,15,16,17)/p-1. The summed E-state index contributed by atoms with van der Waals surface area (Å²) in [4.78, 5) is 19.4. The Balaban J connectivity index is 2.31. The summed E-state index contributed by atoms with van der Waals surface area (Å²) in [7, 11) is 0. The third kappa shape index (κ3) is 3.19. The number of fused-ring (bicyclic) bond motifs is 1. The Morgan fingerprint density at radius 2 is 2.05 bits per heavy atom. The number of anilines is 1. The van der Waals surface area contributed by atoms with Crippen LogP contribution in [0.3, 0.4) is 0 Å². The van der Waals surface area contributed by atoms with Gasteiger partial charge in [-0.1, -0.05) is 26.0 Å². The molecule has 0 saturated carbocycles. The Kier molecular flexibility index (Phi) is 3.94. The number of rotatable bonds is 5. The van der Waals surface area contributed by atoms with Gasteiger partial charge in [0.25, 0.3) is 0 Å². The van der Waals surface area contributed by atoms with Crippen molar-refractivity contribution in [2.45, 2.75) is 26.3 Å². The number of benzene rings is 1. The van der Waals surface area contributed by atoms with Crippen molar-refractivity contribution in [1.29, 1.82) is 0 Å². The number of para-hydroxylation sites is 1. The van der Waals surface area contributed by atoms with Crippen LogP contribution in [0.2, 0.25) is 0 Å². The Labute approximate surface area is 111 Å². The molecular weight excluding hydrogens is 242 g/mol. The number of aromatic nitrogens is 2. The van der Waals surface area contributed by atoms with Gasteiger partial charge in [-0.15, -0.1) is 0 Å². The van der Waals surface area contributed by atoms with Crippen LogP contribution in [0.15, 0.2) is 30.6 Å². The predicted molar refractivity (Wildman–Crippen MR) is 71.4 cm³/mol. The van der Waals surface area contributed by atoms with Crippen LogP contribution in [-0.2, 0) is 4.79 Å². The maximum atomic E-state index is 11.2. The lowest BCUT2D eigenvalue weighted by Gasteiger charge is -2.22. The van der Waals surface area contributed by atoms with Crippen molar-refractivity contribution in [1.82, 2.24) is 9.97 Å². The minimum Gasteiger partial charge on any atom is -0.548 e. The summed E-state index contributed by atoms with van der Waals surface area (Å²) in [6, 6.07) is 6.72. The SMILES string of the molecule is CC(C)CC(Nc1ncnc2ccccc12)C(=O)[O-]. The minimum absolute atomic E-state index is 0.253. The lowest BCUT2D eigenvalue weighted by Crippen LogP contribution is -2.41. The van der Waals surface area contributed by atoms with Crippen molar-refractivity contribution in [3.8, 4) is 0 Å². The molecule has 0 radical (unpaired) electrons. The molecule has 1 aromatic carbocycles. The molecule has 100 valence electrons. The van der Waals surface area contributed by atoms with E-state index in [1.165, 1.54) is 6.33 Å². The second-order valence-corrected chi connectivity index (χ2v) is 4.88. The van der Waals surface area contributed by atoms with Crippen molar-refractivity contribution in [2.24, 2.45) is 5.92 Å². The first-order valence-corrected chi connectivity index (χ1v) is 6.25. The summed E-state index contributed by atoms with van der Waals surface area (Å²) in [5.74, 6) is -0.333. The van der Waals surface area contributed by atoms with Crippen LogP contribution in [0.4, 0.5) is 5.82 Å². The quantitative estimate of drug-likeness (QED) is 0.872. The van der Waals surface area contributed by atoms with E-state index in [1.54, 1.807) is 0 Å². The normalized spacial score (nSPS) is 12.6. The second-order valence-electron chi connectivity index (χ2n) is 4.88. The lowest BCUT2D eigenvalue weighted by atomic mass is 10.0. The molecule has 1 atom stereocenters. The number of carboxylic acid groups (broad SMARTS) is 1. The van der Waals surface area contributed by atoms with Gasteiger partial charge in [-0.2, -0.15) is 0 Å². The highest BCUT2D eigenvalue weighted by atomic mass is 16.4. The zero-order valence-corrected chi connectivity index (χ0v) is 11.0. The Bertz CT molecular complexity index is 578. The van der Waals surface area contributed by atoms with Crippen LogP contribution in [0.5, 0.6) is 0 Å². The van der Waals surface area contributed by atoms with E-state index in [9.17, 15) is 9.90 Å². The van der Waals surface area contributed by atoms with Crippen molar-refractivity contribution in [3.63, 3.8) is 0 Å². The van der Waals surface area contributed by atoms with Crippen LogP contribution in [-0.4, -0.2) is 22.0 Å². The molecule has 1 aromatic heterocycles. The van der Waals surface area contributed by atoms with Gasteiger partial charge in [-0.3, -0.25) is 0 Å². The average molecular weight is 258 g/mol. The van der Waals surface area contributed by atoms with E-state index < -0.39 is 12.0 Å². The van der Waals surface area contributed by atoms with Crippen LogP contribution in [0, 0.1) is 5.92 Å². The molecule has 1 unspecified atom stereocenters. The highest BCUT2D eigenvalue weighted by molar-refractivity contribution is 5.90. The molecule has 1 N–H and O–H groups in total. The highest BCUT2D eigenvalue weighted by Gasteiger charge is 2.14. The number of hydrogen-bond donors (Lipinski definition) is 1. The monoisotopic (exact) mass is 258 g/mol. The Morgan fingerprint density at radius 1 is 1.32 bits per heavy atom. The Hall–Kier alpha value is -2.17. The van der Waals surface area contributed by atoms with E-state index in [1.807, 2.05) is 38.1 Å². The summed E-state index contributed by atoms with van der Waals surface area (Å²) in [6.45, 7) is 3.94. The minimum atomic E-state index is -1.11. The van der Waals surface area contributed by atoms with Gasteiger partial charge in [0.15, 0.2) is 0 Å². The van der Waals surface area contributed by atoms with E-state index in [0.29, 0.717) is 12.2 Å². The number of carbonyl (C=O) groups excluding carboxylic acids is 1. The van der Waals surface area contributed by atoms with E-state index in [2.05, 4.69) is 15.3 Å². The number of nitrogens with one attached hydrogen (secondary N) is 1. The molecular formula is C14H16N3O2-. The fourth-order valence-corrected chi connectivity index (χ4v) is 1.97. The number of aliphatic carboxylic acids is 1. The van der Waals surface area contributed by atoms with Crippen molar-refractivity contribution < 1.29 is 9.90 Å². The van der Waals surface area contributed by atoms with Gasteiger partial charge in [0.1, 0.15) is 12.1 Å². The molecule has 0 aliphatic carbocycles.